The molecule has 0 aliphatic carbocycles. The van der Waals surface area contributed by atoms with Crippen LogP contribution < -0.4 is 4.90 Å². The fraction of sp³-hybridized carbons (Fsp3) is 0.500. The van der Waals surface area contributed by atoms with Gasteiger partial charge in [0.05, 0.1) is 11.5 Å². The van der Waals surface area contributed by atoms with Crippen molar-refractivity contribution in [2.75, 3.05) is 11.5 Å². The Hall–Kier alpha value is -2.11. The third-order valence-corrected chi connectivity index (χ3v) is 3.84. The molecule has 1 aliphatic heterocycles. The number of aliphatic hydroxyl groups is 4. The average Bonchev–Trinajstić information content (AvgIpc) is 2.54. The average molecular weight is 342 g/mol. The van der Waals surface area contributed by atoms with Crippen LogP contribution in [-0.4, -0.2) is 68.5 Å². The van der Waals surface area contributed by atoms with E-state index in [-0.39, 0.29) is 11.4 Å². The van der Waals surface area contributed by atoms with Gasteiger partial charge in [-0.25, -0.2) is 0 Å². The Morgan fingerprint density at radius 2 is 1.83 bits per heavy atom. The van der Waals surface area contributed by atoms with Crippen LogP contribution in [0.1, 0.15) is 6.92 Å². The predicted octanol–water partition coefficient (Wildman–Crippen LogP) is -1.25. The molecule has 0 saturated carbocycles. The second kappa shape index (κ2) is 7.20. The normalized spacial score (nSPS) is 30.0. The first-order valence-corrected chi connectivity index (χ1v) is 7.12. The zero-order valence-corrected chi connectivity index (χ0v) is 12.7. The van der Waals surface area contributed by atoms with Gasteiger partial charge in [-0.05, 0) is 12.1 Å². The molecule has 1 aromatic rings. The fourth-order valence-corrected chi connectivity index (χ4v) is 2.66. The zero-order chi connectivity index (χ0) is 18.0. The van der Waals surface area contributed by atoms with Crippen molar-refractivity contribution < 1.29 is 34.9 Å². The molecule has 0 aromatic heterocycles. The van der Waals surface area contributed by atoms with Crippen LogP contribution in [-0.2, 0) is 9.53 Å². The second-order valence-corrected chi connectivity index (χ2v) is 5.38. The van der Waals surface area contributed by atoms with Crippen LogP contribution >= 0.6 is 0 Å². The maximum absolute atomic E-state index is 12.0. The van der Waals surface area contributed by atoms with E-state index >= 15 is 0 Å². The Bertz CT molecular complexity index is 607. The highest BCUT2D eigenvalue weighted by Gasteiger charge is 2.47. The minimum absolute atomic E-state index is 0.175. The lowest BCUT2D eigenvalue weighted by Gasteiger charge is -2.44. The molecular formula is C14H18N2O8. The fourth-order valence-electron chi connectivity index (χ4n) is 2.66. The maximum Gasteiger partial charge on any atom is 0.269 e. The van der Waals surface area contributed by atoms with E-state index in [0.717, 1.165) is 4.90 Å². The molecule has 1 amide bonds. The molecule has 132 valence electrons. The smallest absolute Gasteiger partial charge is 0.269 e. The number of carbonyl (C=O) groups excluding carboxylic acids is 1. The van der Waals surface area contributed by atoms with Gasteiger partial charge in [-0.15, -0.1) is 0 Å². The molecule has 1 aliphatic rings. The van der Waals surface area contributed by atoms with E-state index in [0.29, 0.717) is 0 Å². The van der Waals surface area contributed by atoms with Crippen molar-refractivity contribution in [3.63, 3.8) is 0 Å². The molecule has 1 heterocycles. The number of rotatable bonds is 4. The van der Waals surface area contributed by atoms with Crippen molar-refractivity contribution in [3.8, 4) is 0 Å². The predicted molar refractivity (Wildman–Crippen MR) is 80.0 cm³/mol. The molecule has 5 atom stereocenters. The van der Waals surface area contributed by atoms with Gasteiger partial charge in [0.2, 0.25) is 5.91 Å². The number of non-ortho nitro benzene ring substituents is 1. The van der Waals surface area contributed by atoms with Gasteiger partial charge in [-0.2, -0.15) is 0 Å². The van der Waals surface area contributed by atoms with E-state index in [2.05, 4.69) is 0 Å². The summed E-state index contributed by atoms with van der Waals surface area (Å²) in [5.41, 5.74) is -0.0157. The Morgan fingerprint density at radius 1 is 1.25 bits per heavy atom. The molecular weight excluding hydrogens is 324 g/mol. The van der Waals surface area contributed by atoms with Crippen LogP contribution in [0.15, 0.2) is 24.3 Å². The van der Waals surface area contributed by atoms with Crippen molar-refractivity contribution in [1.29, 1.82) is 0 Å². The van der Waals surface area contributed by atoms with E-state index in [9.17, 15) is 30.2 Å². The number of aliphatic hydroxyl groups excluding tert-OH is 4. The molecule has 0 radical (unpaired) electrons. The van der Waals surface area contributed by atoms with Gasteiger partial charge in [0.25, 0.3) is 5.69 Å². The van der Waals surface area contributed by atoms with E-state index in [1.807, 2.05) is 0 Å². The SMILES string of the molecule is CC(=O)N(c1ccc([N+](=O)[O-])cc1)[C@@H]1[C@@H](O)[C@@H](O)[C@@H](CO)O[C@H]1O. The molecule has 24 heavy (non-hydrogen) atoms. The molecule has 1 fully saturated rings. The van der Waals surface area contributed by atoms with Crippen molar-refractivity contribution in [3.05, 3.63) is 34.4 Å². The molecule has 10 nitrogen and oxygen atoms in total. The molecule has 0 unspecified atom stereocenters. The van der Waals surface area contributed by atoms with Gasteiger partial charge < -0.3 is 30.1 Å². The molecule has 4 N–H and O–H groups in total. The van der Waals surface area contributed by atoms with Gasteiger partial charge in [0.15, 0.2) is 6.29 Å². The molecule has 10 heteroatoms. The molecule has 0 spiro atoms. The number of nitro benzene ring substituents is 1. The molecule has 1 saturated heterocycles. The number of amides is 1. The summed E-state index contributed by atoms with van der Waals surface area (Å²) in [5, 5.41) is 50.0. The largest absolute Gasteiger partial charge is 0.394 e. The van der Waals surface area contributed by atoms with Crippen LogP contribution in [0, 0.1) is 10.1 Å². The summed E-state index contributed by atoms with van der Waals surface area (Å²) in [7, 11) is 0. The maximum atomic E-state index is 12.0. The van der Waals surface area contributed by atoms with Gasteiger partial charge in [-0.3, -0.25) is 14.9 Å². The first-order valence-electron chi connectivity index (χ1n) is 7.12. The summed E-state index contributed by atoms with van der Waals surface area (Å²) >= 11 is 0. The van der Waals surface area contributed by atoms with Gasteiger partial charge in [-0.1, -0.05) is 0 Å². The van der Waals surface area contributed by atoms with Gasteiger partial charge in [0, 0.05) is 24.7 Å². The number of nitro groups is 1. The minimum atomic E-state index is -1.67. The van der Waals surface area contributed by atoms with Crippen molar-refractivity contribution in [2.45, 2.75) is 37.6 Å². The Labute approximate surface area is 136 Å². The van der Waals surface area contributed by atoms with Gasteiger partial charge >= 0.3 is 0 Å². The topological polar surface area (TPSA) is 154 Å². The Kier molecular flexibility index (Phi) is 5.47. The Balaban J connectivity index is 2.36. The standard InChI is InChI=1S/C14H18N2O8/c1-7(18)15(8-2-4-9(5-3-8)16(22)23)11-13(20)12(19)10(6-17)24-14(11)21/h2-5,10-14,17,19-21H,6H2,1H3/t10-,11-,12+,13-,14-/m1/s1. The third-order valence-electron chi connectivity index (χ3n) is 3.84. The minimum Gasteiger partial charge on any atom is -0.394 e. The third kappa shape index (κ3) is 3.37. The summed E-state index contributed by atoms with van der Waals surface area (Å²) in [4.78, 5) is 23.1. The molecule has 0 bridgehead atoms. The highest BCUT2D eigenvalue weighted by molar-refractivity contribution is 5.92. The van der Waals surface area contributed by atoms with Crippen LogP contribution in [0.4, 0.5) is 11.4 Å². The molecule has 1 aromatic carbocycles. The van der Waals surface area contributed by atoms with Crippen LogP contribution in [0.5, 0.6) is 0 Å². The first kappa shape index (κ1) is 18.2. The summed E-state index contributed by atoms with van der Waals surface area (Å²) in [6.07, 6.45) is -5.98. The number of nitrogens with zero attached hydrogens (tertiary/aromatic N) is 2. The quantitative estimate of drug-likeness (QED) is 0.391. The summed E-state index contributed by atoms with van der Waals surface area (Å²) in [6.45, 7) is 0.547. The van der Waals surface area contributed by atoms with Crippen LogP contribution in [0.25, 0.3) is 0 Å². The van der Waals surface area contributed by atoms with Crippen molar-refractivity contribution in [1.82, 2.24) is 0 Å². The van der Waals surface area contributed by atoms with E-state index in [1.165, 1.54) is 31.2 Å². The number of benzene rings is 1. The second-order valence-electron chi connectivity index (χ2n) is 5.38. The summed E-state index contributed by atoms with van der Waals surface area (Å²) in [5.74, 6) is -0.579. The van der Waals surface area contributed by atoms with E-state index in [4.69, 9.17) is 9.84 Å². The lowest BCUT2D eigenvalue weighted by atomic mass is 9.95. The van der Waals surface area contributed by atoms with E-state index in [1.54, 1.807) is 0 Å². The van der Waals surface area contributed by atoms with Gasteiger partial charge in [0.1, 0.15) is 24.4 Å². The number of carbonyl (C=O) groups is 1. The summed E-state index contributed by atoms with van der Waals surface area (Å²) in [6, 6.07) is 3.55. The highest BCUT2D eigenvalue weighted by Crippen LogP contribution is 2.29. The first-order chi connectivity index (χ1) is 11.3. The number of anilines is 1. The summed E-state index contributed by atoms with van der Waals surface area (Å²) < 4.78 is 5.04. The van der Waals surface area contributed by atoms with Crippen LogP contribution in [0.2, 0.25) is 0 Å². The number of hydrogen-bond donors (Lipinski definition) is 4. The number of ether oxygens (including phenoxy) is 1. The lowest BCUT2D eigenvalue weighted by Crippen LogP contribution is -2.65. The van der Waals surface area contributed by atoms with Crippen molar-refractivity contribution >= 4 is 17.3 Å². The molecule has 2 rings (SSSR count). The lowest BCUT2D eigenvalue weighted by molar-refractivity contribution is -0.384. The number of hydrogen-bond acceptors (Lipinski definition) is 8. The Morgan fingerprint density at radius 3 is 2.29 bits per heavy atom. The van der Waals surface area contributed by atoms with E-state index < -0.39 is 48.1 Å². The monoisotopic (exact) mass is 342 g/mol. The van der Waals surface area contributed by atoms with Crippen LogP contribution in [0.3, 0.4) is 0 Å². The highest BCUT2D eigenvalue weighted by atomic mass is 16.6. The van der Waals surface area contributed by atoms with Crippen molar-refractivity contribution in [2.24, 2.45) is 0 Å². The zero-order valence-electron chi connectivity index (χ0n) is 12.7.